The molecule has 3 aromatic heterocycles. The first-order chi connectivity index (χ1) is 13.7. The number of hydrogen-bond donors (Lipinski definition) is 0. The van der Waals surface area contributed by atoms with Gasteiger partial charge in [-0.3, -0.25) is 0 Å². The topological polar surface area (TPSA) is 103 Å². The van der Waals surface area contributed by atoms with E-state index >= 15 is 0 Å². The summed E-state index contributed by atoms with van der Waals surface area (Å²) >= 11 is 0. The summed E-state index contributed by atoms with van der Waals surface area (Å²) in [5, 5.41) is 7.84. The summed E-state index contributed by atoms with van der Waals surface area (Å²) in [6, 6.07) is 0. The fraction of sp³-hybridized carbons (Fsp3) is 0.600. The van der Waals surface area contributed by atoms with Gasteiger partial charge in [0, 0.05) is 24.9 Å². The standard InChI is InChI=1S/C20H27N7O2/c1-12(28)8-14-6-7-26(9-14)17-16-18(23-19(22-17)20(3,4)5)27(11-21-16)10-15-13(2)24-29-25-15/h11,14H,6-10H2,1-5H3/t14-/m1/s1. The molecular formula is C20H27N7O2. The lowest BCUT2D eigenvalue weighted by atomic mass is 9.96. The molecule has 9 nitrogen and oxygen atoms in total. The minimum Gasteiger partial charge on any atom is -0.354 e. The molecule has 1 fully saturated rings. The molecule has 9 heteroatoms. The van der Waals surface area contributed by atoms with Crippen molar-refractivity contribution in [2.24, 2.45) is 5.92 Å². The van der Waals surface area contributed by atoms with Crippen molar-refractivity contribution < 1.29 is 9.42 Å². The first kappa shape index (κ1) is 19.5. The number of aryl methyl sites for hydroxylation is 1. The van der Waals surface area contributed by atoms with Gasteiger partial charge in [-0.25, -0.2) is 19.6 Å². The average Bonchev–Trinajstić information content (AvgIpc) is 3.35. The molecule has 1 aliphatic rings. The molecule has 0 bridgehead atoms. The molecule has 3 aromatic rings. The lowest BCUT2D eigenvalue weighted by molar-refractivity contribution is -0.117. The maximum absolute atomic E-state index is 11.5. The molecule has 0 radical (unpaired) electrons. The van der Waals surface area contributed by atoms with Crippen LogP contribution in [-0.4, -0.2) is 48.7 Å². The van der Waals surface area contributed by atoms with Gasteiger partial charge < -0.3 is 14.3 Å². The molecule has 29 heavy (non-hydrogen) atoms. The number of carbonyl (C=O) groups is 1. The zero-order chi connectivity index (χ0) is 20.8. The van der Waals surface area contributed by atoms with E-state index in [4.69, 9.17) is 14.6 Å². The Hall–Kier alpha value is -2.84. The van der Waals surface area contributed by atoms with Gasteiger partial charge in [-0.05, 0) is 26.2 Å². The summed E-state index contributed by atoms with van der Waals surface area (Å²) in [6.45, 7) is 12.0. The quantitative estimate of drug-likeness (QED) is 0.647. The number of hydrogen-bond acceptors (Lipinski definition) is 8. The van der Waals surface area contributed by atoms with E-state index in [9.17, 15) is 4.79 Å². The first-order valence-corrected chi connectivity index (χ1v) is 9.98. The van der Waals surface area contributed by atoms with Crippen molar-refractivity contribution in [2.75, 3.05) is 18.0 Å². The maximum atomic E-state index is 11.5. The molecule has 4 heterocycles. The smallest absolute Gasteiger partial charge is 0.166 e. The van der Waals surface area contributed by atoms with Gasteiger partial charge in [0.1, 0.15) is 23.0 Å². The highest BCUT2D eigenvalue weighted by molar-refractivity contribution is 5.84. The molecule has 1 atom stereocenters. The molecular weight excluding hydrogens is 370 g/mol. The van der Waals surface area contributed by atoms with Crippen LogP contribution in [-0.2, 0) is 16.8 Å². The molecule has 0 aliphatic carbocycles. The Morgan fingerprint density at radius 2 is 2.07 bits per heavy atom. The Labute approximate surface area is 169 Å². The van der Waals surface area contributed by atoms with E-state index in [1.165, 1.54) is 0 Å². The highest BCUT2D eigenvalue weighted by atomic mass is 16.6. The van der Waals surface area contributed by atoms with Gasteiger partial charge in [0.15, 0.2) is 17.0 Å². The molecule has 0 unspecified atom stereocenters. The number of anilines is 1. The van der Waals surface area contributed by atoms with Crippen LogP contribution in [0, 0.1) is 12.8 Å². The van der Waals surface area contributed by atoms with Crippen molar-refractivity contribution in [2.45, 2.75) is 59.4 Å². The molecule has 154 valence electrons. The summed E-state index contributed by atoms with van der Waals surface area (Å²) in [6.07, 6.45) is 3.37. The van der Waals surface area contributed by atoms with Gasteiger partial charge in [0.05, 0.1) is 12.9 Å². The van der Waals surface area contributed by atoms with Crippen molar-refractivity contribution in [3.05, 3.63) is 23.5 Å². The van der Waals surface area contributed by atoms with Crippen LogP contribution in [0.3, 0.4) is 0 Å². The number of rotatable bonds is 5. The Morgan fingerprint density at radius 3 is 2.72 bits per heavy atom. The summed E-state index contributed by atoms with van der Waals surface area (Å²) in [5.74, 6) is 2.22. The van der Waals surface area contributed by atoms with Gasteiger partial charge in [-0.15, -0.1) is 0 Å². The molecule has 1 aliphatic heterocycles. The van der Waals surface area contributed by atoms with Crippen LogP contribution in [0.5, 0.6) is 0 Å². The third-order valence-corrected chi connectivity index (χ3v) is 5.34. The highest BCUT2D eigenvalue weighted by Crippen LogP contribution is 2.32. The Balaban J connectivity index is 1.76. The van der Waals surface area contributed by atoms with E-state index in [0.717, 1.165) is 53.7 Å². The largest absolute Gasteiger partial charge is 0.354 e. The molecule has 1 saturated heterocycles. The monoisotopic (exact) mass is 397 g/mol. The number of imidazole rings is 1. The van der Waals surface area contributed by atoms with Crippen LogP contribution in [0.4, 0.5) is 5.82 Å². The van der Waals surface area contributed by atoms with E-state index in [-0.39, 0.29) is 11.2 Å². The molecule has 4 rings (SSSR count). The minimum atomic E-state index is -0.206. The lowest BCUT2D eigenvalue weighted by Crippen LogP contribution is -2.25. The lowest BCUT2D eigenvalue weighted by Gasteiger charge is -2.22. The highest BCUT2D eigenvalue weighted by Gasteiger charge is 2.29. The summed E-state index contributed by atoms with van der Waals surface area (Å²) in [7, 11) is 0. The van der Waals surface area contributed by atoms with Crippen LogP contribution in [0.1, 0.15) is 57.7 Å². The Morgan fingerprint density at radius 1 is 1.28 bits per heavy atom. The second-order valence-corrected chi connectivity index (χ2v) is 8.97. The maximum Gasteiger partial charge on any atom is 0.166 e. The van der Waals surface area contributed by atoms with E-state index in [1.54, 1.807) is 13.3 Å². The van der Waals surface area contributed by atoms with Crippen LogP contribution >= 0.6 is 0 Å². The van der Waals surface area contributed by atoms with Crippen molar-refractivity contribution >= 4 is 22.8 Å². The summed E-state index contributed by atoms with van der Waals surface area (Å²) in [5.41, 5.74) is 2.85. The van der Waals surface area contributed by atoms with Crippen LogP contribution in [0.15, 0.2) is 11.0 Å². The fourth-order valence-corrected chi connectivity index (χ4v) is 3.75. The number of fused-ring (bicyclic) bond motifs is 1. The average molecular weight is 397 g/mol. The number of nitrogens with zero attached hydrogens (tertiary/aromatic N) is 7. The predicted molar refractivity (Wildman–Crippen MR) is 108 cm³/mol. The molecule has 0 amide bonds. The van der Waals surface area contributed by atoms with Gasteiger partial charge in [0.2, 0.25) is 0 Å². The van der Waals surface area contributed by atoms with Crippen molar-refractivity contribution in [1.29, 1.82) is 0 Å². The number of ketones is 1. The zero-order valence-corrected chi connectivity index (χ0v) is 17.6. The van der Waals surface area contributed by atoms with Gasteiger partial charge in [0.25, 0.3) is 0 Å². The minimum absolute atomic E-state index is 0.206. The van der Waals surface area contributed by atoms with Crippen LogP contribution in [0.25, 0.3) is 11.2 Å². The van der Waals surface area contributed by atoms with Gasteiger partial charge in [-0.1, -0.05) is 31.1 Å². The van der Waals surface area contributed by atoms with Crippen molar-refractivity contribution in [3.8, 4) is 0 Å². The molecule has 0 aromatic carbocycles. The number of aromatic nitrogens is 6. The predicted octanol–water partition coefficient (Wildman–Crippen LogP) is 2.67. The van der Waals surface area contributed by atoms with E-state index in [1.807, 2.05) is 11.5 Å². The number of carbonyl (C=O) groups excluding carboxylic acids is 1. The first-order valence-electron chi connectivity index (χ1n) is 9.98. The summed E-state index contributed by atoms with van der Waals surface area (Å²) < 4.78 is 6.79. The third-order valence-electron chi connectivity index (χ3n) is 5.34. The second-order valence-electron chi connectivity index (χ2n) is 8.97. The molecule has 0 spiro atoms. The van der Waals surface area contributed by atoms with Crippen LogP contribution < -0.4 is 4.90 Å². The van der Waals surface area contributed by atoms with Crippen molar-refractivity contribution in [3.63, 3.8) is 0 Å². The second kappa shape index (κ2) is 7.20. The van der Waals surface area contributed by atoms with E-state index in [2.05, 4.69) is 41.0 Å². The SMILES string of the molecule is CC(=O)C[C@H]1CCN(c2nc(C(C)(C)C)nc3c2ncn3Cc2nonc2C)C1. The molecule has 0 saturated carbocycles. The number of Topliss-reactive ketones (excluding diaryl/α,β-unsaturated/α-hetero) is 1. The van der Waals surface area contributed by atoms with Crippen LogP contribution in [0.2, 0.25) is 0 Å². The Kier molecular flexibility index (Phi) is 4.84. The summed E-state index contributed by atoms with van der Waals surface area (Å²) in [4.78, 5) is 28.2. The van der Waals surface area contributed by atoms with E-state index in [0.29, 0.717) is 18.9 Å². The zero-order valence-electron chi connectivity index (χ0n) is 17.6. The normalized spacial score (nSPS) is 17.4. The van der Waals surface area contributed by atoms with Gasteiger partial charge in [-0.2, -0.15) is 0 Å². The fourth-order valence-electron chi connectivity index (χ4n) is 3.75. The third kappa shape index (κ3) is 3.86. The molecule has 0 N–H and O–H groups in total. The Bertz CT molecular complexity index is 1050. The van der Waals surface area contributed by atoms with Crippen molar-refractivity contribution in [1.82, 2.24) is 29.8 Å². The van der Waals surface area contributed by atoms with E-state index < -0.39 is 0 Å². The van der Waals surface area contributed by atoms with Gasteiger partial charge >= 0.3 is 0 Å².